The summed E-state index contributed by atoms with van der Waals surface area (Å²) < 4.78 is 0. The van der Waals surface area contributed by atoms with Crippen molar-refractivity contribution >= 4 is 11.4 Å². The zero-order valence-corrected chi connectivity index (χ0v) is 9.90. The molecule has 1 aromatic carbocycles. The molecule has 3 N–H and O–H groups in total. The maximum absolute atomic E-state index is 10.9. The van der Waals surface area contributed by atoms with Gasteiger partial charge in [-0.15, -0.1) is 0 Å². The van der Waals surface area contributed by atoms with E-state index in [0.29, 0.717) is 12.2 Å². The van der Waals surface area contributed by atoms with E-state index in [2.05, 4.69) is 5.32 Å². The first-order chi connectivity index (χ1) is 8.00. The Labute approximate surface area is 100 Å². The number of nitrogens with one attached hydrogen (secondary N) is 1. The van der Waals surface area contributed by atoms with Gasteiger partial charge in [0.25, 0.3) is 5.69 Å². The predicted octanol–water partition coefficient (Wildman–Crippen LogP) is 2.20. The summed E-state index contributed by atoms with van der Waals surface area (Å²) in [6.07, 6.45) is 3.12. The summed E-state index contributed by atoms with van der Waals surface area (Å²) in [4.78, 5) is 10.5. The van der Waals surface area contributed by atoms with Crippen molar-refractivity contribution in [3.05, 3.63) is 33.9 Å². The van der Waals surface area contributed by atoms with Crippen molar-refractivity contribution < 1.29 is 4.92 Å². The Bertz CT molecular complexity index is 441. The van der Waals surface area contributed by atoms with Crippen molar-refractivity contribution in [3.63, 3.8) is 0 Å². The molecular weight excluding hydrogens is 218 g/mol. The maximum Gasteiger partial charge on any atom is 0.292 e. The average molecular weight is 235 g/mol. The molecule has 92 valence electrons. The van der Waals surface area contributed by atoms with Crippen molar-refractivity contribution in [1.29, 1.82) is 0 Å². The lowest BCUT2D eigenvalue weighted by Crippen LogP contribution is -2.52. The van der Waals surface area contributed by atoms with Crippen LogP contribution in [0.3, 0.4) is 0 Å². The van der Waals surface area contributed by atoms with Gasteiger partial charge in [0.2, 0.25) is 0 Å². The summed E-state index contributed by atoms with van der Waals surface area (Å²) in [6, 6.07) is 5.06. The highest BCUT2D eigenvalue weighted by Gasteiger charge is 2.32. The zero-order chi connectivity index (χ0) is 12.5. The van der Waals surface area contributed by atoms with Crippen molar-refractivity contribution in [1.82, 2.24) is 0 Å². The van der Waals surface area contributed by atoms with Gasteiger partial charge in [-0.1, -0.05) is 6.07 Å². The number of nitrogens with zero attached hydrogens (tertiary/aromatic N) is 1. The van der Waals surface area contributed by atoms with Crippen LogP contribution in [-0.4, -0.2) is 17.0 Å². The molecule has 5 heteroatoms. The Balaban J connectivity index is 2.13. The van der Waals surface area contributed by atoms with Gasteiger partial charge < -0.3 is 11.1 Å². The number of hydrogen-bond acceptors (Lipinski definition) is 4. The fourth-order valence-corrected chi connectivity index (χ4v) is 2.03. The quantitative estimate of drug-likeness (QED) is 0.619. The Hall–Kier alpha value is -1.62. The number of nitro benzene ring substituents is 1. The first kappa shape index (κ1) is 11.9. The molecule has 0 spiro atoms. The molecule has 5 nitrogen and oxygen atoms in total. The fourth-order valence-electron chi connectivity index (χ4n) is 2.03. The molecule has 1 saturated carbocycles. The van der Waals surface area contributed by atoms with Gasteiger partial charge >= 0.3 is 0 Å². The van der Waals surface area contributed by atoms with Gasteiger partial charge in [0.1, 0.15) is 5.69 Å². The minimum atomic E-state index is -0.369. The monoisotopic (exact) mass is 235 g/mol. The van der Waals surface area contributed by atoms with Gasteiger partial charge in [0, 0.05) is 18.2 Å². The van der Waals surface area contributed by atoms with Crippen molar-refractivity contribution in [2.75, 3.05) is 11.9 Å². The Kier molecular flexibility index (Phi) is 3.02. The SMILES string of the molecule is Cc1ccc([N+](=O)[O-])c(NCC2(N)CCC2)c1. The molecule has 0 atom stereocenters. The summed E-state index contributed by atoms with van der Waals surface area (Å²) in [5, 5.41) is 14.0. The molecule has 0 aliphatic heterocycles. The van der Waals surface area contributed by atoms with E-state index in [1.54, 1.807) is 12.1 Å². The first-order valence-electron chi connectivity index (χ1n) is 5.78. The summed E-state index contributed by atoms with van der Waals surface area (Å²) >= 11 is 0. The van der Waals surface area contributed by atoms with E-state index in [4.69, 9.17) is 5.73 Å². The molecule has 0 radical (unpaired) electrons. The predicted molar refractivity (Wildman–Crippen MR) is 67.1 cm³/mol. The second-order valence-electron chi connectivity index (χ2n) is 4.85. The molecule has 1 fully saturated rings. The van der Waals surface area contributed by atoms with Crippen LogP contribution in [0, 0.1) is 17.0 Å². The highest BCUT2D eigenvalue weighted by Crippen LogP contribution is 2.31. The molecule has 0 saturated heterocycles. The minimum Gasteiger partial charge on any atom is -0.378 e. The smallest absolute Gasteiger partial charge is 0.292 e. The zero-order valence-electron chi connectivity index (χ0n) is 9.90. The summed E-state index contributed by atoms with van der Waals surface area (Å²) in [5.74, 6) is 0. The molecule has 0 heterocycles. The normalized spacial score (nSPS) is 17.3. The third-order valence-corrected chi connectivity index (χ3v) is 3.33. The van der Waals surface area contributed by atoms with Crippen molar-refractivity contribution in [2.24, 2.45) is 5.73 Å². The van der Waals surface area contributed by atoms with Crippen LogP contribution < -0.4 is 11.1 Å². The number of rotatable bonds is 4. The number of aryl methyl sites for hydroxylation is 1. The second-order valence-corrected chi connectivity index (χ2v) is 4.85. The third-order valence-electron chi connectivity index (χ3n) is 3.33. The lowest BCUT2D eigenvalue weighted by molar-refractivity contribution is -0.384. The molecule has 0 unspecified atom stereocenters. The second kappa shape index (κ2) is 4.33. The molecule has 2 rings (SSSR count). The van der Waals surface area contributed by atoms with E-state index in [9.17, 15) is 10.1 Å². The van der Waals surface area contributed by atoms with Crippen LogP contribution in [-0.2, 0) is 0 Å². The topological polar surface area (TPSA) is 81.2 Å². The molecule has 0 aromatic heterocycles. The van der Waals surface area contributed by atoms with Crippen LogP contribution >= 0.6 is 0 Å². The van der Waals surface area contributed by atoms with E-state index in [1.165, 1.54) is 6.07 Å². The fraction of sp³-hybridized carbons (Fsp3) is 0.500. The van der Waals surface area contributed by atoms with Gasteiger partial charge in [-0.2, -0.15) is 0 Å². The Morgan fingerprint density at radius 2 is 2.24 bits per heavy atom. The lowest BCUT2D eigenvalue weighted by atomic mass is 9.78. The largest absolute Gasteiger partial charge is 0.378 e. The molecule has 1 aliphatic carbocycles. The van der Waals surface area contributed by atoms with Gasteiger partial charge in [-0.25, -0.2) is 0 Å². The van der Waals surface area contributed by atoms with Crippen LogP contribution in [0.4, 0.5) is 11.4 Å². The highest BCUT2D eigenvalue weighted by molar-refractivity contribution is 5.62. The Morgan fingerprint density at radius 3 is 2.76 bits per heavy atom. The number of nitro groups is 1. The number of benzene rings is 1. The lowest BCUT2D eigenvalue weighted by Gasteiger charge is -2.38. The highest BCUT2D eigenvalue weighted by atomic mass is 16.6. The third kappa shape index (κ3) is 2.55. The van der Waals surface area contributed by atoms with Crippen LogP contribution in [0.1, 0.15) is 24.8 Å². The van der Waals surface area contributed by atoms with Crippen molar-refractivity contribution in [2.45, 2.75) is 31.7 Å². The first-order valence-corrected chi connectivity index (χ1v) is 5.78. The average Bonchev–Trinajstić information content (AvgIpc) is 2.23. The summed E-state index contributed by atoms with van der Waals surface area (Å²) in [7, 11) is 0. The molecular formula is C12H17N3O2. The van der Waals surface area contributed by atoms with E-state index in [-0.39, 0.29) is 16.1 Å². The van der Waals surface area contributed by atoms with E-state index in [0.717, 1.165) is 24.8 Å². The van der Waals surface area contributed by atoms with Crippen LogP contribution in [0.25, 0.3) is 0 Å². The van der Waals surface area contributed by atoms with Crippen LogP contribution in [0.2, 0.25) is 0 Å². The number of hydrogen-bond donors (Lipinski definition) is 2. The van der Waals surface area contributed by atoms with Crippen LogP contribution in [0.15, 0.2) is 18.2 Å². The number of anilines is 1. The molecule has 1 aliphatic rings. The molecule has 0 amide bonds. The van der Waals surface area contributed by atoms with Gasteiger partial charge in [-0.3, -0.25) is 10.1 Å². The molecule has 17 heavy (non-hydrogen) atoms. The van der Waals surface area contributed by atoms with E-state index >= 15 is 0 Å². The summed E-state index contributed by atoms with van der Waals surface area (Å²) in [6.45, 7) is 2.51. The molecule has 0 bridgehead atoms. The molecule has 1 aromatic rings. The van der Waals surface area contributed by atoms with Gasteiger partial charge in [-0.05, 0) is 37.8 Å². The van der Waals surface area contributed by atoms with Gasteiger partial charge in [0.15, 0.2) is 0 Å². The maximum atomic E-state index is 10.9. The van der Waals surface area contributed by atoms with E-state index in [1.807, 2.05) is 6.92 Å². The summed E-state index contributed by atoms with van der Waals surface area (Å²) in [5.41, 5.74) is 7.57. The Morgan fingerprint density at radius 1 is 1.53 bits per heavy atom. The number of nitrogens with two attached hydrogens (primary N) is 1. The standard InChI is InChI=1S/C12H17N3O2/c1-9-3-4-11(15(16)17)10(7-9)14-8-12(13)5-2-6-12/h3-4,7,14H,2,5-6,8,13H2,1H3. The van der Waals surface area contributed by atoms with Crippen LogP contribution in [0.5, 0.6) is 0 Å². The van der Waals surface area contributed by atoms with Gasteiger partial charge in [0.05, 0.1) is 4.92 Å². The van der Waals surface area contributed by atoms with Crippen molar-refractivity contribution in [3.8, 4) is 0 Å². The van der Waals surface area contributed by atoms with E-state index < -0.39 is 0 Å². The minimum absolute atomic E-state index is 0.110.